The van der Waals surface area contributed by atoms with E-state index < -0.39 is 0 Å². The predicted molar refractivity (Wildman–Crippen MR) is 83.7 cm³/mol. The molecule has 0 spiro atoms. The lowest BCUT2D eigenvalue weighted by Crippen LogP contribution is -2.40. The first-order valence-corrected chi connectivity index (χ1v) is 7.71. The summed E-state index contributed by atoms with van der Waals surface area (Å²) in [5.74, 6) is 0.840. The summed E-state index contributed by atoms with van der Waals surface area (Å²) in [5, 5.41) is 3.58. The van der Waals surface area contributed by atoms with Crippen molar-refractivity contribution >= 4 is 0 Å². The number of likely N-dealkylation sites (tertiary alicyclic amines) is 1. The van der Waals surface area contributed by atoms with E-state index in [0.29, 0.717) is 0 Å². The molecule has 0 amide bonds. The minimum absolute atomic E-state index is 0.840. The summed E-state index contributed by atoms with van der Waals surface area (Å²) in [6.07, 6.45) is 6.38. The molecule has 1 fully saturated rings. The Bertz CT molecular complexity index is 358. The van der Waals surface area contributed by atoms with Crippen molar-refractivity contribution in [1.82, 2.24) is 20.1 Å². The molecule has 0 atom stereocenters. The van der Waals surface area contributed by atoms with Crippen LogP contribution in [0.5, 0.6) is 0 Å². The van der Waals surface area contributed by atoms with Crippen molar-refractivity contribution in [3.05, 3.63) is 30.1 Å². The molecule has 1 saturated heterocycles. The lowest BCUT2D eigenvalue weighted by molar-refractivity contribution is 0.169. The van der Waals surface area contributed by atoms with Gasteiger partial charge in [-0.1, -0.05) is 0 Å². The molecule has 1 aliphatic heterocycles. The Labute approximate surface area is 123 Å². The Hall–Kier alpha value is -0.970. The van der Waals surface area contributed by atoms with Gasteiger partial charge < -0.3 is 15.1 Å². The van der Waals surface area contributed by atoms with Gasteiger partial charge in [-0.2, -0.15) is 0 Å². The van der Waals surface area contributed by atoms with Crippen LogP contribution >= 0.6 is 0 Å². The van der Waals surface area contributed by atoms with Crippen LogP contribution in [0.2, 0.25) is 0 Å². The maximum absolute atomic E-state index is 4.04. The number of rotatable bonds is 7. The first kappa shape index (κ1) is 15.4. The SMILES string of the molecule is CN(C)CCN1CCC(CNCc2ccncc2)CC1. The summed E-state index contributed by atoms with van der Waals surface area (Å²) >= 11 is 0. The monoisotopic (exact) mass is 276 g/mol. The number of piperidine rings is 1. The molecular formula is C16H28N4. The number of nitrogens with one attached hydrogen (secondary N) is 1. The third-order valence-electron chi connectivity index (χ3n) is 4.08. The number of hydrogen-bond acceptors (Lipinski definition) is 4. The van der Waals surface area contributed by atoms with Crippen LogP contribution in [0.15, 0.2) is 24.5 Å². The minimum atomic E-state index is 0.840. The molecule has 1 N–H and O–H groups in total. The van der Waals surface area contributed by atoms with Gasteiger partial charge in [-0.15, -0.1) is 0 Å². The van der Waals surface area contributed by atoms with Crippen LogP contribution in [-0.2, 0) is 6.54 Å². The molecule has 0 aromatic carbocycles. The van der Waals surface area contributed by atoms with Crippen molar-refractivity contribution in [1.29, 1.82) is 0 Å². The molecule has 112 valence electrons. The van der Waals surface area contributed by atoms with Gasteiger partial charge in [0.15, 0.2) is 0 Å². The average molecular weight is 276 g/mol. The normalized spacial score (nSPS) is 17.8. The van der Waals surface area contributed by atoms with Crippen LogP contribution in [0.25, 0.3) is 0 Å². The van der Waals surface area contributed by atoms with Gasteiger partial charge in [0.1, 0.15) is 0 Å². The van der Waals surface area contributed by atoms with Crippen LogP contribution in [-0.4, -0.2) is 61.6 Å². The van der Waals surface area contributed by atoms with Gasteiger partial charge in [0.05, 0.1) is 0 Å². The zero-order valence-electron chi connectivity index (χ0n) is 12.9. The maximum Gasteiger partial charge on any atom is 0.0271 e. The average Bonchev–Trinajstić information content (AvgIpc) is 2.47. The molecule has 20 heavy (non-hydrogen) atoms. The molecule has 1 aromatic heterocycles. The van der Waals surface area contributed by atoms with Crippen molar-refractivity contribution in [2.24, 2.45) is 5.92 Å². The number of pyridine rings is 1. The zero-order chi connectivity index (χ0) is 14.2. The van der Waals surface area contributed by atoms with Crippen LogP contribution < -0.4 is 5.32 Å². The first-order valence-electron chi connectivity index (χ1n) is 7.71. The fourth-order valence-electron chi connectivity index (χ4n) is 2.68. The molecule has 0 aliphatic carbocycles. The number of likely N-dealkylation sites (N-methyl/N-ethyl adjacent to an activating group) is 1. The second-order valence-corrected chi connectivity index (χ2v) is 6.07. The molecule has 4 heteroatoms. The molecule has 2 rings (SSSR count). The fourth-order valence-corrected chi connectivity index (χ4v) is 2.68. The van der Waals surface area contributed by atoms with E-state index in [-0.39, 0.29) is 0 Å². The van der Waals surface area contributed by atoms with Crippen molar-refractivity contribution < 1.29 is 0 Å². The van der Waals surface area contributed by atoms with Crippen molar-refractivity contribution in [2.75, 3.05) is 46.8 Å². The van der Waals surface area contributed by atoms with Crippen molar-refractivity contribution in [3.8, 4) is 0 Å². The predicted octanol–water partition coefficient (Wildman–Crippen LogP) is 1.44. The summed E-state index contributed by atoms with van der Waals surface area (Å²) in [6, 6.07) is 4.16. The molecule has 0 bridgehead atoms. The Morgan fingerprint density at radius 3 is 2.60 bits per heavy atom. The number of hydrogen-bond donors (Lipinski definition) is 1. The van der Waals surface area contributed by atoms with E-state index in [1.54, 1.807) is 0 Å². The Morgan fingerprint density at radius 2 is 1.95 bits per heavy atom. The summed E-state index contributed by atoms with van der Waals surface area (Å²) in [6.45, 7) is 7.01. The Kier molecular flexibility index (Phi) is 6.43. The quantitative estimate of drug-likeness (QED) is 0.817. The third kappa shape index (κ3) is 5.57. The highest BCUT2D eigenvalue weighted by atomic mass is 15.2. The van der Waals surface area contributed by atoms with Gasteiger partial charge in [-0.25, -0.2) is 0 Å². The molecule has 0 radical (unpaired) electrons. The maximum atomic E-state index is 4.04. The lowest BCUT2D eigenvalue weighted by Gasteiger charge is -2.32. The van der Waals surface area contributed by atoms with Gasteiger partial charge in [0.2, 0.25) is 0 Å². The van der Waals surface area contributed by atoms with Crippen LogP contribution in [0.3, 0.4) is 0 Å². The summed E-state index contributed by atoms with van der Waals surface area (Å²) < 4.78 is 0. The third-order valence-corrected chi connectivity index (χ3v) is 4.08. The van der Waals surface area contributed by atoms with Crippen LogP contribution in [0, 0.1) is 5.92 Å². The highest BCUT2D eigenvalue weighted by Gasteiger charge is 2.18. The Balaban J connectivity index is 1.58. The summed E-state index contributed by atoms with van der Waals surface area (Å²) in [5.41, 5.74) is 1.32. The van der Waals surface area contributed by atoms with Crippen LogP contribution in [0.1, 0.15) is 18.4 Å². The molecule has 1 aromatic rings. The molecule has 1 aliphatic rings. The topological polar surface area (TPSA) is 31.4 Å². The van der Waals surface area contributed by atoms with E-state index in [0.717, 1.165) is 19.0 Å². The van der Waals surface area contributed by atoms with E-state index in [4.69, 9.17) is 0 Å². The van der Waals surface area contributed by atoms with Crippen LogP contribution in [0.4, 0.5) is 0 Å². The van der Waals surface area contributed by atoms with Crippen molar-refractivity contribution in [2.45, 2.75) is 19.4 Å². The fraction of sp³-hybridized carbons (Fsp3) is 0.688. The van der Waals surface area contributed by atoms with E-state index in [2.05, 4.69) is 46.3 Å². The molecule has 4 nitrogen and oxygen atoms in total. The zero-order valence-corrected chi connectivity index (χ0v) is 12.9. The van der Waals surface area contributed by atoms with Gasteiger partial charge in [0.25, 0.3) is 0 Å². The smallest absolute Gasteiger partial charge is 0.0271 e. The second-order valence-electron chi connectivity index (χ2n) is 6.07. The Morgan fingerprint density at radius 1 is 1.25 bits per heavy atom. The highest BCUT2D eigenvalue weighted by molar-refractivity contribution is 5.08. The number of aromatic nitrogens is 1. The van der Waals surface area contributed by atoms with Gasteiger partial charge in [0, 0.05) is 32.0 Å². The summed E-state index contributed by atoms with van der Waals surface area (Å²) in [7, 11) is 4.30. The van der Waals surface area contributed by atoms with Crippen molar-refractivity contribution in [3.63, 3.8) is 0 Å². The molecule has 0 unspecified atom stereocenters. The number of nitrogens with zero attached hydrogens (tertiary/aromatic N) is 3. The molecular weight excluding hydrogens is 248 g/mol. The van der Waals surface area contributed by atoms with Gasteiger partial charge >= 0.3 is 0 Å². The van der Waals surface area contributed by atoms with Gasteiger partial charge in [-0.3, -0.25) is 4.98 Å². The van der Waals surface area contributed by atoms with E-state index >= 15 is 0 Å². The van der Waals surface area contributed by atoms with E-state index in [9.17, 15) is 0 Å². The van der Waals surface area contributed by atoms with Gasteiger partial charge in [-0.05, 0) is 70.2 Å². The molecule has 0 saturated carbocycles. The lowest BCUT2D eigenvalue weighted by atomic mass is 9.96. The first-order chi connectivity index (χ1) is 9.74. The largest absolute Gasteiger partial charge is 0.312 e. The minimum Gasteiger partial charge on any atom is -0.312 e. The van der Waals surface area contributed by atoms with E-state index in [1.165, 1.54) is 44.6 Å². The summed E-state index contributed by atoms with van der Waals surface area (Å²) in [4.78, 5) is 8.91. The standard InChI is InChI=1S/C16H28N4/c1-19(2)11-12-20-9-5-16(6-10-20)14-18-13-15-3-7-17-8-4-15/h3-4,7-8,16,18H,5-6,9-14H2,1-2H3. The highest BCUT2D eigenvalue weighted by Crippen LogP contribution is 2.16. The van der Waals surface area contributed by atoms with E-state index in [1.807, 2.05) is 12.4 Å². The second kappa shape index (κ2) is 8.35. The molecule has 2 heterocycles.